The monoisotopic (exact) mass is 530 g/mol. The smallest absolute Gasteiger partial charge is 0.410 e. The van der Waals surface area contributed by atoms with E-state index in [9.17, 15) is 23.2 Å². The number of oxime groups is 2. The molecule has 0 aromatic heterocycles. The van der Waals surface area contributed by atoms with E-state index < -0.39 is 23.1 Å². The number of benzene rings is 2. The summed E-state index contributed by atoms with van der Waals surface area (Å²) in [5.41, 5.74) is -3.69. The molecule has 5 nitrogen and oxygen atoms in total. The zero-order chi connectivity index (χ0) is 24.9. The van der Waals surface area contributed by atoms with Gasteiger partial charge in [0.25, 0.3) is 0 Å². The Balaban J connectivity index is 1.72. The second-order valence-electron chi connectivity index (χ2n) is 8.75. The molecule has 0 amide bonds. The van der Waals surface area contributed by atoms with Gasteiger partial charge in [0.15, 0.2) is 11.5 Å². The minimum atomic E-state index is -5.07. The van der Waals surface area contributed by atoms with Crippen LogP contribution >= 0.6 is 35.0 Å². The molecule has 1 atom stereocenters. The Labute approximate surface area is 207 Å². The lowest BCUT2D eigenvalue weighted by Crippen LogP contribution is -2.50. The van der Waals surface area contributed by atoms with Gasteiger partial charge in [-0.2, -0.15) is 24.9 Å². The molecule has 1 unspecified atom stereocenters. The van der Waals surface area contributed by atoms with Crippen LogP contribution in [0.2, 0.25) is 10.0 Å². The number of halogens is 5. The number of Topliss-reactive ketones (excluding diaryl/α,β-unsaturated/α-hetero) is 1. The number of alkyl halides is 3. The Morgan fingerprint density at radius 1 is 1.21 bits per heavy atom. The number of rotatable bonds is 5. The zero-order valence-electron chi connectivity index (χ0n) is 18.0. The van der Waals surface area contributed by atoms with Gasteiger partial charge in [0.05, 0.1) is 0 Å². The lowest BCUT2D eigenvalue weighted by atomic mass is 9.83. The summed E-state index contributed by atoms with van der Waals surface area (Å²) in [6.45, 7) is 3.74. The summed E-state index contributed by atoms with van der Waals surface area (Å²) in [7, 11) is 0. The van der Waals surface area contributed by atoms with Gasteiger partial charge in [0.2, 0.25) is 0 Å². The predicted molar refractivity (Wildman–Crippen MR) is 127 cm³/mol. The van der Waals surface area contributed by atoms with Crippen LogP contribution in [-0.4, -0.2) is 40.1 Å². The van der Waals surface area contributed by atoms with Crippen LogP contribution in [0.1, 0.15) is 40.4 Å². The maximum absolute atomic E-state index is 14.4. The van der Waals surface area contributed by atoms with Gasteiger partial charge in [-0.25, -0.2) is 0 Å². The highest BCUT2D eigenvalue weighted by Crippen LogP contribution is 2.48. The second-order valence-corrected chi connectivity index (χ2v) is 10.6. The first-order valence-corrected chi connectivity index (χ1v) is 12.1. The van der Waals surface area contributed by atoms with Crippen molar-refractivity contribution in [1.29, 1.82) is 0 Å². The molecule has 34 heavy (non-hydrogen) atoms. The maximum Gasteiger partial charge on any atom is 0.441 e. The van der Waals surface area contributed by atoms with Crippen LogP contribution in [0.25, 0.3) is 0 Å². The van der Waals surface area contributed by atoms with E-state index in [4.69, 9.17) is 28.0 Å². The van der Waals surface area contributed by atoms with Crippen LogP contribution in [0.3, 0.4) is 0 Å². The van der Waals surface area contributed by atoms with Crippen LogP contribution in [0.4, 0.5) is 13.2 Å². The normalized spacial score (nSPS) is 22.8. The van der Waals surface area contributed by atoms with E-state index in [0.29, 0.717) is 17.5 Å². The van der Waals surface area contributed by atoms with E-state index in [2.05, 4.69) is 17.2 Å². The molecular weight excluding hydrogens is 512 g/mol. The number of hydrogen-bond acceptors (Lipinski definition) is 6. The Morgan fingerprint density at radius 2 is 1.85 bits per heavy atom. The summed E-state index contributed by atoms with van der Waals surface area (Å²) in [6.07, 6.45) is -4.69. The van der Waals surface area contributed by atoms with E-state index in [1.807, 2.05) is 0 Å². The lowest BCUT2D eigenvalue weighted by Gasteiger charge is -2.37. The highest BCUT2D eigenvalue weighted by atomic mass is 35.5. The molecule has 2 aromatic carbocycles. The number of hydrogen-bond donors (Lipinski definition) is 1. The van der Waals surface area contributed by atoms with Crippen molar-refractivity contribution in [2.24, 2.45) is 15.7 Å². The highest BCUT2D eigenvalue weighted by molar-refractivity contribution is 8.00. The van der Waals surface area contributed by atoms with Crippen molar-refractivity contribution in [2.75, 3.05) is 11.5 Å². The number of carbonyl (C=O) groups excluding carboxylic acids is 1. The summed E-state index contributed by atoms with van der Waals surface area (Å²) in [5.74, 6) is 1.78. The molecule has 2 heterocycles. The number of carbonyl (C=O) groups is 1. The molecular formula is C23H19Cl2F3N2O3S. The maximum atomic E-state index is 14.4. The van der Waals surface area contributed by atoms with Crippen LogP contribution in [0.15, 0.2) is 46.7 Å². The molecule has 2 aliphatic heterocycles. The minimum Gasteiger partial charge on any atom is -0.410 e. The van der Waals surface area contributed by atoms with Crippen molar-refractivity contribution < 1.29 is 28.0 Å². The van der Waals surface area contributed by atoms with E-state index in [1.165, 1.54) is 18.2 Å². The SMILES string of the molecule is Cc1cc(C2=NOC(c3cc(Cl)cc(Cl)c3)(C(F)(F)F)/C2=N/O)ccc1C(=O)CC1(C)CSC1. The van der Waals surface area contributed by atoms with Crippen LogP contribution in [0, 0.1) is 12.3 Å². The molecule has 0 saturated carbocycles. The molecule has 0 spiro atoms. The topological polar surface area (TPSA) is 71.2 Å². The van der Waals surface area contributed by atoms with Crippen LogP contribution in [0.5, 0.6) is 0 Å². The molecule has 180 valence electrons. The fraction of sp³-hybridized carbons (Fsp3) is 0.348. The molecule has 1 N–H and O–H groups in total. The van der Waals surface area contributed by atoms with E-state index in [0.717, 1.165) is 23.6 Å². The Hall–Kier alpha value is -2.23. The van der Waals surface area contributed by atoms with Crippen molar-refractivity contribution in [3.05, 3.63) is 68.7 Å². The average molecular weight is 531 g/mol. The lowest BCUT2D eigenvalue weighted by molar-refractivity contribution is -0.250. The van der Waals surface area contributed by atoms with Crippen molar-refractivity contribution >= 4 is 52.2 Å². The number of aryl methyl sites for hydroxylation is 1. The van der Waals surface area contributed by atoms with Crippen LogP contribution < -0.4 is 0 Å². The molecule has 1 saturated heterocycles. The molecule has 0 bridgehead atoms. The molecule has 1 fully saturated rings. The summed E-state index contributed by atoms with van der Waals surface area (Å²) in [5, 5.41) is 16.1. The zero-order valence-corrected chi connectivity index (χ0v) is 20.4. The van der Waals surface area contributed by atoms with E-state index in [-0.39, 0.29) is 32.5 Å². The number of ketones is 1. The second kappa shape index (κ2) is 8.77. The van der Waals surface area contributed by atoms with Crippen molar-refractivity contribution in [3.63, 3.8) is 0 Å². The van der Waals surface area contributed by atoms with Gasteiger partial charge in [0, 0.05) is 33.2 Å². The Morgan fingerprint density at radius 3 is 2.35 bits per heavy atom. The molecule has 0 aliphatic carbocycles. The first-order chi connectivity index (χ1) is 15.9. The molecule has 0 radical (unpaired) electrons. The third-order valence-corrected chi connectivity index (χ3v) is 8.13. The van der Waals surface area contributed by atoms with Crippen LogP contribution in [-0.2, 0) is 10.4 Å². The average Bonchev–Trinajstić information content (AvgIpc) is 3.12. The van der Waals surface area contributed by atoms with Gasteiger partial charge >= 0.3 is 11.8 Å². The number of thioether (sulfide) groups is 1. The molecule has 11 heteroatoms. The van der Waals surface area contributed by atoms with Gasteiger partial charge in [0.1, 0.15) is 5.71 Å². The fourth-order valence-corrected chi connectivity index (χ4v) is 5.76. The fourth-order valence-electron chi connectivity index (χ4n) is 4.13. The standard InChI is InChI=1S/C23H19Cl2F3N2O3S/c1-12-5-13(3-4-17(12)18(31)9-21(2)10-34-11-21)19-20(29-32)22(33-30-19,23(26,27)28)14-6-15(24)8-16(25)7-14/h3-8,32H,9-11H2,1-2H3/b29-20+. The molecule has 2 aromatic rings. The van der Waals surface area contributed by atoms with Crippen molar-refractivity contribution in [1.82, 2.24) is 0 Å². The van der Waals surface area contributed by atoms with Gasteiger partial charge < -0.3 is 10.0 Å². The quantitative estimate of drug-likeness (QED) is 0.267. The Bertz CT molecular complexity index is 1210. The molecule has 2 aliphatic rings. The van der Waals surface area contributed by atoms with Gasteiger partial charge in [-0.1, -0.05) is 52.6 Å². The van der Waals surface area contributed by atoms with E-state index >= 15 is 0 Å². The first-order valence-electron chi connectivity index (χ1n) is 10.1. The Kier molecular flexibility index (Phi) is 6.42. The third kappa shape index (κ3) is 4.18. The summed E-state index contributed by atoms with van der Waals surface area (Å²) in [4.78, 5) is 17.8. The summed E-state index contributed by atoms with van der Waals surface area (Å²) < 4.78 is 43.2. The highest BCUT2D eigenvalue weighted by Gasteiger charge is 2.67. The van der Waals surface area contributed by atoms with Crippen molar-refractivity contribution in [2.45, 2.75) is 32.0 Å². The predicted octanol–water partition coefficient (Wildman–Crippen LogP) is 6.65. The van der Waals surface area contributed by atoms with Gasteiger partial charge in [-0.05, 0) is 53.7 Å². The first kappa shape index (κ1) is 24.9. The largest absolute Gasteiger partial charge is 0.441 e. The van der Waals surface area contributed by atoms with E-state index in [1.54, 1.807) is 24.8 Å². The van der Waals surface area contributed by atoms with Gasteiger partial charge in [-0.15, -0.1) is 0 Å². The minimum absolute atomic E-state index is 0.0364. The third-order valence-electron chi connectivity index (χ3n) is 5.89. The van der Waals surface area contributed by atoms with Crippen molar-refractivity contribution in [3.8, 4) is 0 Å². The van der Waals surface area contributed by atoms with Gasteiger partial charge in [-0.3, -0.25) is 4.79 Å². The summed E-state index contributed by atoms with van der Waals surface area (Å²) in [6, 6.07) is 7.85. The number of nitrogens with zero attached hydrogens (tertiary/aromatic N) is 2. The molecule has 4 rings (SSSR count). The summed E-state index contributed by atoms with van der Waals surface area (Å²) >= 11 is 13.6.